The van der Waals surface area contributed by atoms with E-state index in [2.05, 4.69) is 71.5 Å². The summed E-state index contributed by atoms with van der Waals surface area (Å²) in [6.07, 6.45) is 2.35. The van der Waals surface area contributed by atoms with Gasteiger partial charge in [-0.3, -0.25) is 4.79 Å². The monoisotopic (exact) mass is 668 g/mol. The zero-order valence-electron chi connectivity index (χ0n) is 30.1. The summed E-state index contributed by atoms with van der Waals surface area (Å²) in [7, 11) is 3.55. The molecule has 0 radical (unpaired) electrons. The molecule has 2 N–H and O–H groups in total. The first-order chi connectivity index (χ1) is 23.3. The predicted octanol–water partition coefficient (Wildman–Crippen LogP) is 5.89. The number of benzene rings is 1. The number of ether oxygens (including phenoxy) is 2. The van der Waals surface area contributed by atoms with Gasteiger partial charge in [-0.25, -0.2) is 14.8 Å². The highest BCUT2D eigenvalue weighted by molar-refractivity contribution is 6.02. The Morgan fingerprint density at radius 2 is 1.88 bits per heavy atom. The summed E-state index contributed by atoms with van der Waals surface area (Å²) in [5, 5.41) is 6.20. The van der Waals surface area contributed by atoms with E-state index in [9.17, 15) is 9.59 Å². The van der Waals surface area contributed by atoms with Crippen molar-refractivity contribution in [1.29, 1.82) is 0 Å². The molecule has 12 nitrogen and oxygen atoms in total. The Labute approximate surface area is 289 Å². The number of carbonyl (C=O) groups is 2. The van der Waals surface area contributed by atoms with Gasteiger partial charge in [0, 0.05) is 44.4 Å². The number of anilines is 6. The van der Waals surface area contributed by atoms with Crippen molar-refractivity contribution in [2.75, 3.05) is 67.3 Å². The Balaban J connectivity index is 1.80. The van der Waals surface area contributed by atoms with E-state index < -0.39 is 5.97 Å². The van der Waals surface area contributed by atoms with Crippen LogP contribution in [0.25, 0.3) is 0 Å². The fourth-order valence-electron chi connectivity index (χ4n) is 5.68. The van der Waals surface area contributed by atoms with Crippen LogP contribution in [0.2, 0.25) is 0 Å². The van der Waals surface area contributed by atoms with Crippen LogP contribution in [0, 0.1) is 11.8 Å². The van der Waals surface area contributed by atoms with Gasteiger partial charge in [0.25, 0.3) is 0 Å². The highest BCUT2D eigenvalue weighted by atomic mass is 16.5. The maximum Gasteiger partial charge on any atom is 0.343 e. The molecule has 0 saturated carbocycles. The predicted molar refractivity (Wildman–Crippen MR) is 196 cm³/mol. The molecule has 0 spiro atoms. The van der Waals surface area contributed by atoms with Gasteiger partial charge in [0.1, 0.15) is 17.0 Å². The molecule has 0 atom stereocenters. The van der Waals surface area contributed by atoms with Gasteiger partial charge < -0.3 is 34.8 Å². The lowest BCUT2D eigenvalue weighted by atomic mass is 9.91. The first kappa shape index (κ1) is 36.7. The van der Waals surface area contributed by atoms with E-state index in [1.54, 1.807) is 33.9 Å². The van der Waals surface area contributed by atoms with Gasteiger partial charge in [-0.05, 0) is 64.1 Å². The van der Waals surface area contributed by atoms with Crippen molar-refractivity contribution in [2.24, 2.45) is 0 Å². The van der Waals surface area contributed by atoms with E-state index in [0.717, 1.165) is 43.2 Å². The molecule has 1 aliphatic heterocycles. The highest BCUT2D eigenvalue weighted by Gasteiger charge is 2.40. The first-order valence-electron chi connectivity index (χ1n) is 16.5. The third-order valence-electron chi connectivity index (χ3n) is 8.26. The van der Waals surface area contributed by atoms with E-state index in [1.165, 1.54) is 12.3 Å². The van der Waals surface area contributed by atoms with Crippen molar-refractivity contribution < 1.29 is 19.1 Å². The Morgan fingerprint density at radius 1 is 1.14 bits per heavy atom. The number of methoxy groups -OCH3 is 1. The number of aromatic nitrogens is 3. The lowest BCUT2D eigenvalue weighted by molar-refractivity contribution is -0.111. The first-order valence-corrected chi connectivity index (χ1v) is 16.5. The second-order valence-corrected chi connectivity index (χ2v) is 12.6. The molecule has 4 rings (SSSR count). The molecule has 1 aromatic carbocycles. The minimum Gasteiger partial charge on any atom is -0.494 e. The van der Waals surface area contributed by atoms with Crippen LogP contribution in [0.15, 0.2) is 43.1 Å². The normalized spacial score (nSPS) is 13.0. The minimum absolute atomic E-state index is 0.214. The van der Waals surface area contributed by atoms with Gasteiger partial charge in [0.2, 0.25) is 11.9 Å². The largest absolute Gasteiger partial charge is 0.494 e. The number of likely N-dealkylation sites (N-methyl/N-ethyl adjacent to an activating group) is 2. The van der Waals surface area contributed by atoms with Crippen LogP contribution < -0.4 is 25.2 Å². The van der Waals surface area contributed by atoms with Crippen molar-refractivity contribution >= 4 is 46.4 Å². The van der Waals surface area contributed by atoms with Crippen LogP contribution in [0.1, 0.15) is 70.2 Å². The zero-order valence-corrected chi connectivity index (χ0v) is 30.1. The molecule has 2 aromatic heterocycles. The summed E-state index contributed by atoms with van der Waals surface area (Å²) in [5.41, 5.74) is 4.04. The minimum atomic E-state index is -0.534. The molecule has 0 saturated heterocycles. The standard InChI is InChI=1S/C37H48N8O4/c1-11-15-25-16-17-29-33(39-25)37(7,8)23-45(29)34-26(35(47)49-24(5)6)22-38-36(42-34)41-28-20-27(40-32(46)12-2)30(21-31(28)48-10)43(9)18-19-44(13-3)14-4/h12,16-17,20-22,24H,2,13-14,18-19,23H2,1,3-10H3,(H,40,46)(H,38,41,42). The van der Waals surface area contributed by atoms with Crippen molar-refractivity contribution in [3.05, 3.63) is 60.1 Å². The van der Waals surface area contributed by atoms with Gasteiger partial charge in [-0.1, -0.05) is 40.2 Å². The van der Waals surface area contributed by atoms with Crippen LogP contribution in [-0.2, 0) is 14.9 Å². The Bertz CT molecular complexity index is 1760. The number of rotatable bonds is 14. The van der Waals surface area contributed by atoms with Gasteiger partial charge in [0.15, 0.2) is 5.82 Å². The van der Waals surface area contributed by atoms with Crippen molar-refractivity contribution in [3.8, 4) is 17.6 Å². The smallest absolute Gasteiger partial charge is 0.343 e. The highest BCUT2D eigenvalue weighted by Crippen LogP contribution is 2.44. The molecule has 1 amide bonds. The van der Waals surface area contributed by atoms with Crippen LogP contribution in [0.3, 0.4) is 0 Å². The van der Waals surface area contributed by atoms with Gasteiger partial charge in [-0.15, -0.1) is 0 Å². The third-order valence-corrected chi connectivity index (χ3v) is 8.26. The lowest BCUT2D eigenvalue weighted by Gasteiger charge is -2.27. The van der Waals surface area contributed by atoms with E-state index in [0.29, 0.717) is 35.2 Å². The average Bonchev–Trinajstić information content (AvgIpc) is 3.34. The Hall–Kier alpha value is -5.15. The van der Waals surface area contributed by atoms with E-state index >= 15 is 0 Å². The van der Waals surface area contributed by atoms with Crippen LogP contribution in [0.5, 0.6) is 5.75 Å². The lowest BCUT2D eigenvalue weighted by Crippen LogP contribution is -2.33. The Morgan fingerprint density at radius 3 is 2.51 bits per heavy atom. The number of fused-ring (bicyclic) bond motifs is 1. The molecule has 0 unspecified atom stereocenters. The molecule has 0 fully saturated rings. The summed E-state index contributed by atoms with van der Waals surface area (Å²) in [4.78, 5) is 46.5. The molecule has 0 aliphatic carbocycles. The number of carbonyl (C=O) groups excluding carboxylic acids is 2. The molecule has 260 valence electrons. The van der Waals surface area contributed by atoms with Gasteiger partial charge in [0.05, 0.1) is 41.7 Å². The average molecular weight is 669 g/mol. The number of pyridine rings is 1. The number of nitrogens with one attached hydrogen (secondary N) is 2. The van der Waals surface area contributed by atoms with Crippen LogP contribution >= 0.6 is 0 Å². The zero-order chi connectivity index (χ0) is 35.9. The fourth-order valence-corrected chi connectivity index (χ4v) is 5.68. The molecule has 12 heteroatoms. The van der Waals surface area contributed by atoms with Gasteiger partial charge >= 0.3 is 5.97 Å². The molecular formula is C37H48N8O4. The van der Waals surface area contributed by atoms with Crippen molar-refractivity contribution in [2.45, 2.75) is 60.0 Å². The maximum absolute atomic E-state index is 13.4. The molecular weight excluding hydrogens is 620 g/mol. The van der Waals surface area contributed by atoms with E-state index in [1.807, 2.05) is 30.1 Å². The maximum atomic E-state index is 13.4. The molecule has 0 bridgehead atoms. The summed E-state index contributed by atoms with van der Waals surface area (Å²) in [6, 6.07) is 7.46. The molecule has 3 aromatic rings. The number of nitrogens with zero attached hydrogens (tertiary/aromatic N) is 6. The number of hydrogen-bond donors (Lipinski definition) is 2. The molecule has 3 heterocycles. The summed E-state index contributed by atoms with van der Waals surface area (Å²) in [5.74, 6) is 6.16. The van der Waals surface area contributed by atoms with Crippen LogP contribution in [0.4, 0.5) is 34.5 Å². The summed E-state index contributed by atoms with van der Waals surface area (Å²) >= 11 is 0. The Kier molecular flexibility index (Phi) is 11.9. The van der Waals surface area contributed by atoms with Crippen LogP contribution in [-0.4, -0.2) is 84.7 Å². The van der Waals surface area contributed by atoms with Crippen molar-refractivity contribution in [3.63, 3.8) is 0 Å². The van der Waals surface area contributed by atoms with E-state index in [4.69, 9.17) is 19.4 Å². The number of amides is 1. The van der Waals surface area contributed by atoms with Gasteiger partial charge in [-0.2, -0.15) is 4.98 Å². The quantitative estimate of drug-likeness (QED) is 0.121. The summed E-state index contributed by atoms with van der Waals surface area (Å²) in [6.45, 7) is 21.4. The number of hydrogen-bond acceptors (Lipinski definition) is 11. The van der Waals surface area contributed by atoms with E-state index in [-0.39, 0.29) is 28.9 Å². The molecule has 49 heavy (non-hydrogen) atoms. The number of esters is 1. The summed E-state index contributed by atoms with van der Waals surface area (Å²) < 4.78 is 11.4. The topological polar surface area (TPSA) is 125 Å². The van der Waals surface area contributed by atoms with Crippen molar-refractivity contribution in [1.82, 2.24) is 19.9 Å². The third kappa shape index (κ3) is 8.48. The molecule has 1 aliphatic rings. The SMILES string of the molecule is C=CC(=O)Nc1cc(Nc2ncc(C(=O)OC(C)C)c(N3CC(C)(C)c4nc(C#CC)ccc43)n2)c(OC)cc1N(C)CCN(CC)CC. The second-order valence-electron chi connectivity index (χ2n) is 12.6. The fraction of sp³-hybridized carbons (Fsp3) is 0.432. The second kappa shape index (κ2) is 15.8.